The molecular formula is C28H36N4O7. The summed E-state index contributed by atoms with van der Waals surface area (Å²) in [4.78, 5) is 71.8. The lowest BCUT2D eigenvalue weighted by Crippen LogP contribution is -2.54. The molecule has 2 aromatic rings. The van der Waals surface area contributed by atoms with Crippen LogP contribution in [-0.4, -0.2) is 65.7 Å². The predicted molar refractivity (Wildman–Crippen MR) is 145 cm³/mol. The Kier molecular flexibility index (Phi) is 12.1. The van der Waals surface area contributed by atoms with Gasteiger partial charge in [0.1, 0.15) is 12.1 Å². The quantitative estimate of drug-likeness (QED) is 0.225. The van der Waals surface area contributed by atoms with Gasteiger partial charge in [-0.05, 0) is 35.1 Å². The minimum atomic E-state index is -1.34. The van der Waals surface area contributed by atoms with Gasteiger partial charge in [0, 0.05) is 13.3 Å². The zero-order valence-electron chi connectivity index (χ0n) is 22.4. The molecule has 0 heterocycles. The molecule has 4 amide bonds. The summed E-state index contributed by atoms with van der Waals surface area (Å²) >= 11 is 0. The molecule has 11 nitrogen and oxygen atoms in total. The summed E-state index contributed by atoms with van der Waals surface area (Å²) < 4.78 is 0. The molecule has 210 valence electrons. The lowest BCUT2D eigenvalue weighted by atomic mass is 9.99. The minimum Gasteiger partial charge on any atom is -0.481 e. The first kappa shape index (κ1) is 30.9. The monoisotopic (exact) mass is 540 g/mol. The molecule has 0 saturated carbocycles. The summed E-state index contributed by atoms with van der Waals surface area (Å²) in [6, 6.07) is 11.8. The van der Waals surface area contributed by atoms with Gasteiger partial charge in [-0.25, -0.2) is 0 Å². The van der Waals surface area contributed by atoms with Gasteiger partial charge in [0.05, 0.1) is 19.5 Å². The Hall–Kier alpha value is -4.28. The molecule has 39 heavy (non-hydrogen) atoms. The van der Waals surface area contributed by atoms with Crippen LogP contribution in [0.5, 0.6) is 0 Å². The zero-order chi connectivity index (χ0) is 28.9. The summed E-state index contributed by atoms with van der Waals surface area (Å²) in [6.45, 7) is 3.87. The number of amides is 4. The van der Waals surface area contributed by atoms with Crippen molar-refractivity contribution in [2.75, 3.05) is 13.1 Å². The molecule has 0 aromatic heterocycles. The van der Waals surface area contributed by atoms with E-state index in [0.717, 1.165) is 29.7 Å². The second-order valence-electron chi connectivity index (χ2n) is 9.61. The maximum Gasteiger partial charge on any atom is 0.305 e. The topological polar surface area (TPSA) is 171 Å². The second-order valence-corrected chi connectivity index (χ2v) is 9.61. The second kappa shape index (κ2) is 15.2. The summed E-state index contributed by atoms with van der Waals surface area (Å²) in [5.74, 6) is -4.40. The Labute approximate surface area is 227 Å². The SMILES string of the molecule is CC(=O)N[C@@H](CC(=O)O)C(=O)NCC(=O)NC(C(=O)NCC(=O)CCCc1cccc2ccccc12)C(C)C. The largest absolute Gasteiger partial charge is 0.481 e. The highest BCUT2D eigenvalue weighted by atomic mass is 16.4. The molecule has 0 aliphatic rings. The molecular weight excluding hydrogens is 504 g/mol. The van der Waals surface area contributed by atoms with E-state index in [2.05, 4.69) is 27.3 Å². The number of carbonyl (C=O) groups excluding carboxylic acids is 5. The lowest BCUT2D eigenvalue weighted by Gasteiger charge is -2.22. The van der Waals surface area contributed by atoms with Crippen LogP contribution in [0.4, 0.5) is 0 Å². The number of carboxylic acids is 1. The van der Waals surface area contributed by atoms with Gasteiger partial charge in [-0.3, -0.25) is 28.8 Å². The van der Waals surface area contributed by atoms with Crippen molar-refractivity contribution < 1.29 is 33.9 Å². The molecule has 0 aliphatic heterocycles. The van der Waals surface area contributed by atoms with Gasteiger partial charge in [0.2, 0.25) is 23.6 Å². The van der Waals surface area contributed by atoms with Crippen molar-refractivity contribution in [1.82, 2.24) is 21.3 Å². The number of Topliss-reactive ketones (excluding diaryl/α,β-unsaturated/α-hetero) is 1. The fourth-order valence-corrected chi connectivity index (χ4v) is 4.05. The van der Waals surface area contributed by atoms with Gasteiger partial charge in [-0.1, -0.05) is 56.3 Å². The fourth-order valence-electron chi connectivity index (χ4n) is 4.05. The highest BCUT2D eigenvalue weighted by molar-refractivity contribution is 5.94. The number of benzene rings is 2. The smallest absolute Gasteiger partial charge is 0.305 e. The normalized spacial score (nSPS) is 12.3. The van der Waals surface area contributed by atoms with Crippen LogP contribution in [0.25, 0.3) is 10.8 Å². The summed E-state index contributed by atoms with van der Waals surface area (Å²) in [5, 5.41) is 20.8. The van der Waals surface area contributed by atoms with Gasteiger partial charge in [0.25, 0.3) is 0 Å². The first-order valence-corrected chi connectivity index (χ1v) is 12.8. The number of carboxylic acid groups (broad SMARTS) is 1. The highest BCUT2D eigenvalue weighted by Gasteiger charge is 2.26. The number of carbonyl (C=O) groups is 6. The van der Waals surface area contributed by atoms with Crippen molar-refractivity contribution in [2.24, 2.45) is 5.92 Å². The van der Waals surface area contributed by atoms with Crippen LogP contribution >= 0.6 is 0 Å². The van der Waals surface area contributed by atoms with E-state index in [9.17, 15) is 28.8 Å². The third-order valence-corrected chi connectivity index (χ3v) is 6.00. The molecule has 5 N–H and O–H groups in total. The standard InChI is InChI=1S/C28H36N4O7/c1-17(2)26(32-24(35)16-30-27(38)23(14-25(36)37)31-18(3)33)28(39)29-15-21(34)12-7-11-20-10-6-9-19-8-4-5-13-22(19)20/h4-6,8-10,13,17,23,26H,7,11-12,14-16H2,1-3H3,(H,29,39)(H,30,38)(H,31,33)(H,32,35)(H,36,37)/t23-,26?/m0/s1. The molecule has 0 radical (unpaired) electrons. The molecule has 0 bridgehead atoms. The number of aryl methyl sites for hydroxylation is 1. The predicted octanol–water partition coefficient (Wildman–Crippen LogP) is 1.08. The van der Waals surface area contributed by atoms with Crippen LogP contribution in [0.2, 0.25) is 0 Å². The molecule has 2 rings (SSSR count). The third-order valence-electron chi connectivity index (χ3n) is 6.00. The lowest BCUT2D eigenvalue weighted by molar-refractivity contribution is -0.140. The molecule has 0 spiro atoms. The Morgan fingerprint density at radius 3 is 2.18 bits per heavy atom. The first-order valence-electron chi connectivity index (χ1n) is 12.8. The Morgan fingerprint density at radius 2 is 1.51 bits per heavy atom. The van der Waals surface area contributed by atoms with E-state index in [1.165, 1.54) is 0 Å². The van der Waals surface area contributed by atoms with Gasteiger partial charge < -0.3 is 26.4 Å². The Balaban J connectivity index is 1.80. The number of fused-ring (bicyclic) bond motifs is 1. The molecule has 0 fully saturated rings. The van der Waals surface area contributed by atoms with E-state index in [1.807, 2.05) is 36.4 Å². The molecule has 0 saturated heterocycles. The third kappa shape index (κ3) is 10.5. The van der Waals surface area contributed by atoms with Crippen LogP contribution in [0.15, 0.2) is 42.5 Å². The number of rotatable bonds is 15. The summed E-state index contributed by atoms with van der Waals surface area (Å²) in [5.41, 5.74) is 1.16. The van der Waals surface area contributed by atoms with Crippen LogP contribution in [0, 0.1) is 5.92 Å². The Bertz CT molecular complexity index is 1190. The highest BCUT2D eigenvalue weighted by Crippen LogP contribution is 2.20. The first-order chi connectivity index (χ1) is 18.5. The van der Waals surface area contributed by atoms with Crippen LogP contribution < -0.4 is 21.3 Å². The summed E-state index contributed by atoms with van der Waals surface area (Å²) in [7, 11) is 0. The van der Waals surface area contributed by atoms with E-state index >= 15 is 0 Å². The fraction of sp³-hybridized carbons (Fsp3) is 0.429. The number of hydrogen-bond acceptors (Lipinski definition) is 6. The molecule has 11 heteroatoms. The minimum absolute atomic E-state index is 0.132. The summed E-state index contributed by atoms with van der Waals surface area (Å²) in [6.07, 6.45) is 1.00. The van der Waals surface area contributed by atoms with Crippen LogP contribution in [-0.2, 0) is 35.2 Å². The van der Waals surface area contributed by atoms with Gasteiger partial charge in [-0.15, -0.1) is 0 Å². The van der Waals surface area contributed by atoms with Gasteiger partial charge >= 0.3 is 5.97 Å². The average molecular weight is 541 g/mol. The van der Waals surface area contributed by atoms with Crippen molar-refractivity contribution in [1.29, 1.82) is 0 Å². The molecule has 1 unspecified atom stereocenters. The van der Waals surface area contributed by atoms with E-state index in [0.29, 0.717) is 12.8 Å². The number of aliphatic carboxylic acids is 1. The average Bonchev–Trinajstić information content (AvgIpc) is 2.88. The number of ketones is 1. The van der Waals surface area contributed by atoms with Crippen molar-refractivity contribution >= 4 is 46.2 Å². The van der Waals surface area contributed by atoms with Gasteiger partial charge in [0.15, 0.2) is 5.78 Å². The van der Waals surface area contributed by atoms with Crippen molar-refractivity contribution in [3.05, 3.63) is 48.0 Å². The maximum absolute atomic E-state index is 12.7. The van der Waals surface area contributed by atoms with E-state index in [4.69, 9.17) is 5.11 Å². The zero-order valence-corrected chi connectivity index (χ0v) is 22.4. The molecule has 2 atom stereocenters. The number of nitrogens with one attached hydrogen (secondary N) is 4. The van der Waals surface area contributed by atoms with Crippen molar-refractivity contribution in [3.8, 4) is 0 Å². The molecule has 0 aliphatic carbocycles. The van der Waals surface area contributed by atoms with Gasteiger partial charge in [-0.2, -0.15) is 0 Å². The Morgan fingerprint density at radius 1 is 0.846 bits per heavy atom. The van der Waals surface area contributed by atoms with Crippen LogP contribution in [0.3, 0.4) is 0 Å². The van der Waals surface area contributed by atoms with Crippen molar-refractivity contribution in [3.63, 3.8) is 0 Å². The molecule has 2 aromatic carbocycles. The van der Waals surface area contributed by atoms with Crippen molar-refractivity contribution in [2.45, 2.75) is 58.5 Å². The van der Waals surface area contributed by atoms with E-state index in [-0.39, 0.29) is 18.2 Å². The number of hydrogen-bond donors (Lipinski definition) is 5. The van der Waals surface area contributed by atoms with Crippen LogP contribution in [0.1, 0.15) is 45.6 Å². The maximum atomic E-state index is 12.7. The van der Waals surface area contributed by atoms with E-state index in [1.54, 1.807) is 13.8 Å². The van der Waals surface area contributed by atoms with E-state index < -0.39 is 54.6 Å².